The summed E-state index contributed by atoms with van der Waals surface area (Å²) in [6.07, 6.45) is 2.11. The standard InChI is InChI=1S/C22H18N4O4S/c27-18(6-3-12-26-20(29)16-4-1-2-5-17(16)21(26)30)24-15-9-7-14(8-10-15)19(28)25-22-23-11-13-31-22/h1-2,4-5,7-11,13H,3,6,12H2,(H,24,27)(H,23,25,28). The molecule has 156 valence electrons. The summed E-state index contributed by atoms with van der Waals surface area (Å²) in [6.45, 7) is 0.176. The molecule has 2 aromatic carbocycles. The Labute approximate surface area is 181 Å². The van der Waals surface area contributed by atoms with Gasteiger partial charge in [0.2, 0.25) is 5.91 Å². The summed E-state index contributed by atoms with van der Waals surface area (Å²) in [5, 5.41) is 7.72. The summed E-state index contributed by atoms with van der Waals surface area (Å²) in [4.78, 5) is 54.2. The number of imide groups is 1. The topological polar surface area (TPSA) is 108 Å². The lowest BCUT2D eigenvalue weighted by Gasteiger charge is -2.13. The quantitative estimate of drug-likeness (QED) is 0.554. The van der Waals surface area contributed by atoms with Gasteiger partial charge in [-0.1, -0.05) is 12.1 Å². The molecule has 4 amide bonds. The number of nitrogens with zero attached hydrogens (tertiary/aromatic N) is 2. The van der Waals surface area contributed by atoms with Crippen molar-refractivity contribution in [1.29, 1.82) is 0 Å². The van der Waals surface area contributed by atoms with Crippen molar-refractivity contribution in [2.75, 3.05) is 17.2 Å². The Kier molecular flexibility index (Phi) is 5.85. The third-order valence-corrected chi connectivity index (χ3v) is 5.44. The Morgan fingerprint density at radius 2 is 1.61 bits per heavy atom. The SMILES string of the molecule is O=C(CCCN1C(=O)c2ccccc2C1=O)Nc1ccc(C(=O)Nc2nccs2)cc1. The lowest BCUT2D eigenvalue weighted by Crippen LogP contribution is -2.31. The van der Waals surface area contributed by atoms with Gasteiger partial charge < -0.3 is 5.32 Å². The van der Waals surface area contributed by atoms with Gasteiger partial charge in [0.1, 0.15) is 0 Å². The molecule has 1 aliphatic rings. The maximum Gasteiger partial charge on any atom is 0.261 e. The van der Waals surface area contributed by atoms with Crippen LogP contribution in [-0.4, -0.2) is 40.1 Å². The summed E-state index contributed by atoms with van der Waals surface area (Å²) in [5.41, 5.74) is 1.79. The summed E-state index contributed by atoms with van der Waals surface area (Å²) in [6, 6.07) is 13.2. The van der Waals surface area contributed by atoms with Crippen LogP contribution < -0.4 is 10.6 Å². The number of hydrogen-bond donors (Lipinski definition) is 2. The van der Waals surface area contributed by atoms with Crippen molar-refractivity contribution >= 4 is 45.8 Å². The van der Waals surface area contributed by atoms with Crippen LogP contribution in [0.15, 0.2) is 60.1 Å². The molecule has 9 heteroatoms. The molecule has 2 heterocycles. The minimum absolute atomic E-state index is 0.152. The first-order valence-electron chi connectivity index (χ1n) is 9.59. The van der Waals surface area contributed by atoms with Crippen LogP contribution in [0.3, 0.4) is 0 Å². The van der Waals surface area contributed by atoms with Crippen LogP contribution >= 0.6 is 11.3 Å². The number of benzene rings is 2. The third kappa shape index (κ3) is 4.51. The second-order valence-corrected chi connectivity index (χ2v) is 7.72. The maximum atomic E-state index is 12.3. The van der Waals surface area contributed by atoms with Crippen LogP contribution in [0.1, 0.15) is 43.9 Å². The van der Waals surface area contributed by atoms with Crippen molar-refractivity contribution in [1.82, 2.24) is 9.88 Å². The van der Waals surface area contributed by atoms with Crippen LogP contribution in [0, 0.1) is 0 Å². The van der Waals surface area contributed by atoms with Crippen molar-refractivity contribution in [3.8, 4) is 0 Å². The summed E-state index contributed by atoms with van der Waals surface area (Å²) < 4.78 is 0. The Hall–Kier alpha value is -3.85. The van der Waals surface area contributed by atoms with Gasteiger partial charge in [0.15, 0.2) is 5.13 Å². The first-order chi connectivity index (χ1) is 15.0. The minimum atomic E-state index is -0.326. The number of thiazole rings is 1. The molecular formula is C22H18N4O4S. The monoisotopic (exact) mass is 434 g/mol. The average Bonchev–Trinajstić information content (AvgIpc) is 3.37. The van der Waals surface area contributed by atoms with Gasteiger partial charge in [-0.25, -0.2) is 4.98 Å². The summed E-state index contributed by atoms with van der Waals surface area (Å²) in [5.74, 6) is -1.18. The van der Waals surface area contributed by atoms with E-state index >= 15 is 0 Å². The maximum absolute atomic E-state index is 12.3. The first kappa shape index (κ1) is 20.4. The molecule has 0 radical (unpaired) electrons. The van der Waals surface area contributed by atoms with Gasteiger partial charge in [0, 0.05) is 35.8 Å². The Bertz CT molecular complexity index is 1110. The number of amides is 4. The number of rotatable bonds is 7. The molecule has 1 aromatic heterocycles. The molecule has 8 nitrogen and oxygen atoms in total. The van der Waals surface area contributed by atoms with Gasteiger partial charge in [-0.05, 0) is 42.8 Å². The minimum Gasteiger partial charge on any atom is -0.326 e. The van der Waals surface area contributed by atoms with Crippen molar-refractivity contribution in [2.24, 2.45) is 0 Å². The highest BCUT2D eigenvalue weighted by Crippen LogP contribution is 2.22. The average molecular weight is 434 g/mol. The number of carbonyl (C=O) groups excluding carboxylic acids is 4. The van der Waals surface area contributed by atoms with Gasteiger partial charge in [0.25, 0.3) is 17.7 Å². The number of aromatic nitrogens is 1. The zero-order valence-electron chi connectivity index (χ0n) is 16.3. The second-order valence-electron chi connectivity index (χ2n) is 6.83. The first-order valence-corrected chi connectivity index (χ1v) is 10.5. The molecule has 0 atom stereocenters. The normalized spacial score (nSPS) is 12.6. The largest absolute Gasteiger partial charge is 0.326 e. The van der Waals surface area contributed by atoms with E-state index in [9.17, 15) is 19.2 Å². The van der Waals surface area contributed by atoms with Crippen molar-refractivity contribution in [2.45, 2.75) is 12.8 Å². The highest BCUT2D eigenvalue weighted by molar-refractivity contribution is 7.13. The van der Waals surface area contributed by atoms with Gasteiger partial charge >= 0.3 is 0 Å². The van der Waals surface area contributed by atoms with E-state index in [2.05, 4.69) is 15.6 Å². The smallest absolute Gasteiger partial charge is 0.261 e. The third-order valence-electron chi connectivity index (χ3n) is 4.75. The van der Waals surface area contributed by atoms with Gasteiger partial charge in [-0.15, -0.1) is 11.3 Å². The van der Waals surface area contributed by atoms with E-state index in [-0.39, 0.29) is 36.6 Å². The lowest BCUT2D eigenvalue weighted by molar-refractivity contribution is -0.116. The predicted molar refractivity (Wildman–Crippen MR) is 116 cm³/mol. The van der Waals surface area contributed by atoms with Crippen LogP contribution in [0.5, 0.6) is 0 Å². The molecule has 0 fully saturated rings. The Balaban J connectivity index is 1.25. The molecule has 2 N–H and O–H groups in total. The molecular weight excluding hydrogens is 416 g/mol. The summed E-state index contributed by atoms with van der Waals surface area (Å²) in [7, 11) is 0. The second kappa shape index (κ2) is 8.88. The van der Waals surface area contributed by atoms with E-state index < -0.39 is 0 Å². The van der Waals surface area contributed by atoms with E-state index in [1.165, 1.54) is 16.2 Å². The molecule has 0 bridgehead atoms. The van der Waals surface area contributed by atoms with E-state index in [1.807, 2.05) is 0 Å². The molecule has 0 spiro atoms. The molecule has 0 unspecified atom stereocenters. The predicted octanol–water partition coefficient (Wildman–Crippen LogP) is 3.41. The van der Waals surface area contributed by atoms with Crippen molar-refractivity contribution < 1.29 is 19.2 Å². The van der Waals surface area contributed by atoms with Crippen LogP contribution in [0.4, 0.5) is 10.8 Å². The van der Waals surface area contributed by atoms with Gasteiger partial charge in [-0.2, -0.15) is 0 Å². The molecule has 1 aliphatic heterocycles. The number of anilines is 2. The van der Waals surface area contributed by atoms with Gasteiger partial charge in [0.05, 0.1) is 11.1 Å². The zero-order valence-corrected chi connectivity index (χ0v) is 17.1. The number of fused-ring (bicyclic) bond motifs is 1. The highest BCUT2D eigenvalue weighted by Gasteiger charge is 2.34. The Morgan fingerprint density at radius 3 is 2.23 bits per heavy atom. The highest BCUT2D eigenvalue weighted by atomic mass is 32.1. The van der Waals surface area contributed by atoms with Crippen LogP contribution in [0.2, 0.25) is 0 Å². The van der Waals surface area contributed by atoms with Crippen LogP contribution in [-0.2, 0) is 4.79 Å². The number of carbonyl (C=O) groups is 4. The van der Waals surface area contributed by atoms with Crippen molar-refractivity contribution in [3.05, 3.63) is 76.8 Å². The number of hydrogen-bond acceptors (Lipinski definition) is 6. The van der Waals surface area contributed by atoms with Crippen molar-refractivity contribution in [3.63, 3.8) is 0 Å². The fourth-order valence-corrected chi connectivity index (χ4v) is 3.75. The Morgan fingerprint density at radius 1 is 0.935 bits per heavy atom. The van der Waals surface area contributed by atoms with Crippen LogP contribution in [0.25, 0.3) is 0 Å². The van der Waals surface area contributed by atoms with Gasteiger partial charge in [-0.3, -0.25) is 29.4 Å². The molecule has 0 aliphatic carbocycles. The van der Waals surface area contributed by atoms with E-state index in [0.29, 0.717) is 33.9 Å². The van der Waals surface area contributed by atoms with E-state index in [0.717, 1.165) is 0 Å². The molecule has 3 aromatic rings. The zero-order chi connectivity index (χ0) is 21.8. The van der Waals surface area contributed by atoms with E-state index in [4.69, 9.17) is 0 Å². The molecule has 0 saturated carbocycles. The molecule has 4 rings (SSSR count). The lowest BCUT2D eigenvalue weighted by atomic mass is 10.1. The molecule has 0 saturated heterocycles. The number of nitrogens with one attached hydrogen (secondary N) is 2. The van der Waals surface area contributed by atoms with E-state index in [1.54, 1.807) is 60.1 Å². The molecule has 31 heavy (non-hydrogen) atoms. The fraction of sp³-hybridized carbons (Fsp3) is 0.136. The fourth-order valence-electron chi connectivity index (χ4n) is 3.22. The summed E-state index contributed by atoms with van der Waals surface area (Å²) >= 11 is 1.33.